The highest BCUT2D eigenvalue weighted by Crippen LogP contribution is 2.38. The summed E-state index contributed by atoms with van der Waals surface area (Å²) in [6.45, 7) is 0. The second-order valence-electron chi connectivity index (χ2n) is 17.7. The predicted molar refractivity (Wildman–Crippen MR) is 288 cm³/mol. The van der Waals surface area contributed by atoms with Crippen molar-refractivity contribution in [1.82, 2.24) is 9.13 Å². The lowest BCUT2D eigenvalue weighted by Crippen LogP contribution is -1.94. The second-order valence-corrected chi connectivity index (χ2v) is 17.7. The van der Waals surface area contributed by atoms with Gasteiger partial charge in [0.2, 0.25) is 0 Å². The zero-order valence-corrected chi connectivity index (χ0v) is 37.3. The first-order valence-electron chi connectivity index (χ1n) is 23.4. The van der Waals surface area contributed by atoms with E-state index in [1.54, 1.807) is 0 Å². The number of hydrogen-bond donors (Lipinski definition) is 0. The van der Waals surface area contributed by atoms with E-state index in [0.717, 1.165) is 5.69 Å². The van der Waals surface area contributed by atoms with Gasteiger partial charge in [-0.05, 0) is 127 Å². The zero-order chi connectivity index (χ0) is 45.0. The average Bonchev–Trinajstić information content (AvgIpc) is 3.94. The number of aromatic nitrogens is 2. The molecule has 0 spiro atoms. The van der Waals surface area contributed by atoms with E-state index >= 15 is 0 Å². The highest BCUT2D eigenvalue weighted by atomic mass is 15.0. The van der Waals surface area contributed by atoms with Gasteiger partial charge in [0.1, 0.15) is 0 Å². The summed E-state index contributed by atoms with van der Waals surface area (Å²) in [5.41, 5.74) is 21.7. The molecule has 0 radical (unpaired) electrons. The van der Waals surface area contributed by atoms with Crippen LogP contribution in [-0.4, -0.2) is 9.13 Å². The van der Waals surface area contributed by atoms with Crippen LogP contribution in [0.3, 0.4) is 0 Å². The Morgan fingerprint density at radius 3 is 0.882 bits per heavy atom. The maximum Gasteiger partial charge on any atom is 0.0541 e. The van der Waals surface area contributed by atoms with Gasteiger partial charge in [-0.1, -0.05) is 206 Å². The third-order valence-electron chi connectivity index (χ3n) is 13.8. The topological polar surface area (TPSA) is 9.86 Å². The summed E-state index contributed by atoms with van der Waals surface area (Å²) < 4.78 is 4.76. The van der Waals surface area contributed by atoms with E-state index in [9.17, 15) is 0 Å². The van der Waals surface area contributed by atoms with Crippen molar-refractivity contribution in [3.05, 3.63) is 267 Å². The number of rotatable bonds is 8. The van der Waals surface area contributed by atoms with Crippen molar-refractivity contribution in [3.63, 3.8) is 0 Å². The van der Waals surface area contributed by atoms with Crippen molar-refractivity contribution < 1.29 is 0 Å². The summed E-state index contributed by atoms with van der Waals surface area (Å²) in [5.74, 6) is 0. The van der Waals surface area contributed by atoms with Gasteiger partial charge in [-0.2, -0.15) is 0 Å². The van der Waals surface area contributed by atoms with Gasteiger partial charge in [0.25, 0.3) is 0 Å². The van der Waals surface area contributed by atoms with E-state index in [1.807, 2.05) is 0 Å². The van der Waals surface area contributed by atoms with Crippen LogP contribution in [0.2, 0.25) is 0 Å². The van der Waals surface area contributed by atoms with Crippen molar-refractivity contribution in [1.29, 1.82) is 0 Å². The minimum absolute atomic E-state index is 1.16. The third kappa shape index (κ3) is 6.90. The smallest absolute Gasteiger partial charge is 0.0541 e. The van der Waals surface area contributed by atoms with Gasteiger partial charge in [0, 0.05) is 32.9 Å². The van der Waals surface area contributed by atoms with Crippen LogP contribution in [0.4, 0.5) is 0 Å². The van der Waals surface area contributed by atoms with Crippen molar-refractivity contribution in [2.45, 2.75) is 0 Å². The molecular formula is C66H44N2. The van der Waals surface area contributed by atoms with Crippen LogP contribution in [0.25, 0.3) is 122 Å². The largest absolute Gasteiger partial charge is 0.309 e. The molecule has 13 rings (SSSR count). The van der Waals surface area contributed by atoms with Crippen molar-refractivity contribution >= 4 is 43.6 Å². The Kier molecular flexibility index (Phi) is 9.54. The molecule has 0 fully saturated rings. The van der Waals surface area contributed by atoms with Gasteiger partial charge >= 0.3 is 0 Å². The monoisotopic (exact) mass is 864 g/mol. The maximum absolute atomic E-state index is 2.40. The number of nitrogens with zero attached hydrogens (tertiary/aromatic N) is 2. The van der Waals surface area contributed by atoms with Gasteiger partial charge < -0.3 is 9.13 Å². The first-order chi connectivity index (χ1) is 33.7. The standard InChI is InChI=1S/C66H44N2/c1-3-12-45(13-4-1)54-14-11-17-58(42-54)68-64-21-10-8-19-60(64)62-44-56(39-41-66(62)68)53-36-32-51(33-37-53)49-28-24-47(25-29-49)46-22-26-48(27-23-46)50-30-34-52(35-31-50)55-38-40-65-61(43-55)59-18-7-9-20-63(59)67(65)57-15-5-2-6-16-57/h1-44H. The van der Waals surface area contributed by atoms with Crippen LogP contribution in [-0.2, 0) is 0 Å². The molecule has 68 heavy (non-hydrogen) atoms. The first kappa shape index (κ1) is 39.4. The lowest BCUT2D eigenvalue weighted by Gasteiger charge is -2.11. The van der Waals surface area contributed by atoms with Gasteiger partial charge in [-0.25, -0.2) is 0 Å². The van der Waals surface area contributed by atoms with E-state index in [2.05, 4.69) is 276 Å². The Labute approximate surface area is 395 Å². The van der Waals surface area contributed by atoms with Gasteiger partial charge in [0.15, 0.2) is 0 Å². The summed E-state index contributed by atoms with van der Waals surface area (Å²) in [6, 6.07) is 97.2. The average molecular weight is 865 g/mol. The SMILES string of the molecule is c1ccc(-c2cccc(-n3c4ccccc4c4cc(-c5ccc(-c6ccc(-c7ccc(-c8ccc(-c9ccc%10c(c9)c9ccccc9n%10-c9ccccc9)cc8)cc7)cc6)cc5)ccc43)c2)cc1. The van der Waals surface area contributed by atoms with Crippen molar-refractivity contribution in [3.8, 4) is 78.1 Å². The highest BCUT2D eigenvalue weighted by Gasteiger charge is 2.16. The molecule has 11 aromatic carbocycles. The molecule has 0 saturated carbocycles. The molecule has 0 aliphatic heterocycles. The molecule has 0 aliphatic rings. The van der Waals surface area contributed by atoms with E-state index in [-0.39, 0.29) is 0 Å². The molecule has 0 bridgehead atoms. The minimum atomic E-state index is 1.16. The van der Waals surface area contributed by atoms with Crippen LogP contribution in [0.15, 0.2) is 267 Å². The summed E-state index contributed by atoms with van der Waals surface area (Å²) in [5, 5.41) is 5.04. The van der Waals surface area contributed by atoms with E-state index in [4.69, 9.17) is 0 Å². The molecule has 0 saturated heterocycles. The Morgan fingerprint density at radius 1 is 0.162 bits per heavy atom. The molecule has 0 atom stereocenters. The Bertz CT molecular complexity index is 3950. The molecular weight excluding hydrogens is 821 g/mol. The second kappa shape index (κ2) is 16.5. The van der Waals surface area contributed by atoms with Crippen LogP contribution < -0.4 is 0 Å². The maximum atomic E-state index is 2.40. The lowest BCUT2D eigenvalue weighted by atomic mass is 9.96. The summed E-state index contributed by atoms with van der Waals surface area (Å²) in [4.78, 5) is 0. The highest BCUT2D eigenvalue weighted by molar-refractivity contribution is 6.11. The van der Waals surface area contributed by atoms with Crippen LogP contribution in [0.1, 0.15) is 0 Å². The van der Waals surface area contributed by atoms with Crippen molar-refractivity contribution in [2.24, 2.45) is 0 Å². The van der Waals surface area contributed by atoms with Gasteiger partial charge in [-0.15, -0.1) is 0 Å². The van der Waals surface area contributed by atoms with Crippen molar-refractivity contribution in [2.75, 3.05) is 0 Å². The number of para-hydroxylation sites is 3. The van der Waals surface area contributed by atoms with Crippen LogP contribution >= 0.6 is 0 Å². The number of fused-ring (bicyclic) bond motifs is 6. The van der Waals surface area contributed by atoms with E-state index in [1.165, 1.54) is 116 Å². The summed E-state index contributed by atoms with van der Waals surface area (Å²) >= 11 is 0. The third-order valence-corrected chi connectivity index (χ3v) is 13.8. The fraction of sp³-hybridized carbons (Fsp3) is 0. The molecule has 2 aromatic heterocycles. The molecule has 0 amide bonds. The Balaban J connectivity index is 0.719. The molecule has 2 nitrogen and oxygen atoms in total. The van der Waals surface area contributed by atoms with Gasteiger partial charge in [-0.3, -0.25) is 0 Å². The molecule has 13 aromatic rings. The summed E-state index contributed by atoms with van der Waals surface area (Å²) in [7, 11) is 0. The summed E-state index contributed by atoms with van der Waals surface area (Å²) in [6.07, 6.45) is 0. The van der Waals surface area contributed by atoms with Crippen LogP contribution in [0, 0.1) is 0 Å². The molecule has 0 aliphatic carbocycles. The number of hydrogen-bond acceptors (Lipinski definition) is 0. The van der Waals surface area contributed by atoms with Crippen LogP contribution in [0.5, 0.6) is 0 Å². The fourth-order valence-corrected chi connectivity index (χ4v) is 10.3. The van der Waals surface area contributed by atoms with E-state index < -0.39 is 0 Å². The normalized spacial score (nSPS) is 11.5. The quantitative estimate of drug-likeness (QED) is 0.144. The minimum Gasteiger partial charge on any atom is -0.309 e. The zero-order valence-electron chi connectivity index (χ0n) is 37.3. The molecule has 0 unspecified atom stereocenters. The molecule has 318 valence electrons. The Morgan fingerprint density at radius 2 is 0.441 bits per heavy atom. The first-order valence-corrected chi connectivity index (χ1v) is 23.4. The molecule has 2 heteroatoms. The van der Waals surface area contributed by atoms with E-state index in [0.29, 0.717) is 0 Å². The predicted octanol–water partition coefficient (Wildman–Crippen LogP) is 17.9. The lowest BCUT2D eigenvalue weighted by molar-refractivity contribution is 1.18. The molecule has 2 heterocycles. The molecule has 0 N–H and O–H groups in total. The Hall–Kier alpha value is -8.98. The number of benzene rings is 11. The van der Waals surface area contributed by atoms with Gasteiger partial charge in [0.05, 0.1) is 22.1 Å². The fourth-order valence-electron chi connectivity index (χ4n) is 10.3.